The molecule has 0 aromatic carbocycles. The molecule has 0 unspecified atom stereocenters. The third kappa shape index (κ3) is 5.43. The molecule has 7 nitrogen and oxygen atoms in total. The van der Waals surface area contributed by atoms with E-state index in [0.29, 0.717) is 37.1 Å². The lowest BCUT2D eigenvalue weighted by atomic mass is 10.2. The number of carbonyl (C=O) groups is 1. The van der Waals surface area contributed by atoms with Crippen molar-refractivity contribution in [3.8, 4) is 5.88 Å². The molecule has 0 radical (unpaired) electrons. The minimum Gasteiger partial charge on any atom is -0.477 e. The molecule has 1 saturated heterocycles. The van der Waals surface area contributed by atoms with Crippen LogP contribution < -0.4 is 9.64 Å². The fraction of sp³-hybridized carbons (Fsp3) is 0.545. The summed E-state index contributed by atoms with van der Waals surface area (Å²) in [6.07, 6.45) is 1.60. The lowest BCUT2D eigenvalue weighted by molar-refractivity contribution is 0.0746. The molecule has 0 N–H and O–H groups in total. The molecule has 29 heavy (non-hydrogen) atoms. The molecule has 1 aliphatic rings. The van der Waals surface area contributed by atoms with Crippen molar-refractivity contribution >= 4 is 11.7 Å². The third-order valence-electron chi connectivity index (χ3n) is 4.81. The number of anilines is 1. The van der Waals surface area contributed by atoms with Crippen LogP contribution in [0.3, 0.4) is 0 Å². The summed E-state index contributed by atoms with van der Waals surface area (Å²) in [5.74, 6) is 3.10. The van der Waals surface area contributed by atoms with E-state index in [1.54, 1.807) is 18.3 Å². The summed E-state index contributed by atoms with van der Waals surface area (Å²) in [7, 11) is 0. The van der Waals surface area contributed by atoms with E-state index in [0.717, 1.165) is 30.4 Å². The number of piperazine rings is 1. The maximum Gasteiger partial charge on any atom is 0.255 e. The number of aromatic nitrogens is 3. The van der Waals surface area contributed by atoms with Crippen molar-refractivity contribution in [1.29, 1.82) is 0 Å². The second-order valence-electron chi connectivity index (χ2n) is 8.25. The van der Waals surface area contributed by atoms with E-state index < -0.39 is 0 Å². The van der Waals surface area contributed by atoms with Gasteiger partial charge in [0, 0.05) is 56.1 Å². The van der Waals surface area contributed by atoms with E-state index in [1.165, 1.54) is 0 Å². The maximum absolute atomic E-state index is 12.8. The monoisotopic (exact) mass is 397 g/mol. The summed E-state index contributed by atoms with van der Waals surface area (Å²) >= 11 is 0. The Morgan fingerprint density at radius 2 is 1.83 bits per heavy atom. The SMILES string of the molecule is Cc1cc(N2CCN(C(=O)c3ccc(OCC(C)C)nc3)CC2)nc(C(C)C)n1. The number of hydrogen-bond donors (Lipinski definition) is 0. The minimum absolute atomic E-state index is 0.00861. The molecule has 0 atom stereocenters. The van der Waals surface area contributed by atoms with Gasteiger partial charge in [-0.05, 0) is 18.9 Å². The van der Waals surface area contributed by atoms with Gasteiger partial charge >= 0.3 is 0 Å². The highest BCUT2D eigenvalue weighted by atomic mass is 16.5. The zero-order valence-electron chi connectivity index (χ0n) is 18.1. The molecule has 0 aliphatic carbocycles. The topological polar surface area (TPSA) is 71.5 Å². The van der Waals surface area contributed by atoms with Gasteiger partial charge in [0.25, 0.3) is 5.91 Å². The second-order valence-corrected chi connectivity index (χ2v) is 8.25. The van der Waals surface area contributed by atoms with Crippen molar-refractivity contribution in [3.63, 3.8) is 0 Å². The lowest BCUT2D eigenvalue weighted by Crippen LogP contribution is -2.49. The van der Waals surface area contributed by atoms with Gasteiger partial charge in [-0.2, -0.15) is 0 Å². The largest absolute Gasteiger partial charge is 0.477 e. The summed E-state index contributed by atoms with van der Waals surface area (Å²) in [5.41, 5.74) is 1.57. The van der Waals surface area contributed by atoms with E-state index in [1.807, 2.05) is 17.9 Å². The minimum atomic E-state index is 0.00861. The highest BCUT2D eigenvalue weighted by molar-refractivity contribution is 5.94. The summed E-state index contributed by atoms with van der Waals surface area (Å²) in [5, 5.41) is 0. The molecule has 1 amide bonds. The number of rotatable bonds is 6. The van der Waals surface area contributed by atoms with Crippen LogP contribution in [-0.2, 0) is 0 Å². The molecular formula is C22H31N5O2. The highest BCUT2D eigenvalue weighted by Gasteiger charge is 2.24. The first-order valence-corrected chi connectivity index (χ1v) is 10.3. The molecule has 7 heteroatoms. The molecule has 0 saturated carbocycles. The Labute approximate surface area is 173 Å². The van der Waals surface area contributed by atoms with Crippen LogP contribution in [0.25, 0.3) is 0 Å². The first-order valence-electron chi connectivity index (χ1n) is 10.3. The van der Waals surface area contributed by atoms with Crippen molar-refractivity contribution < 1.29 is 9.53 Å². The van der Waals surface area contributed by atoms with E-state index in [9.17, 15) is 4.79 Å². The summed E-state index contributed by atoms with van der Waals surface area (Å²) < 4.78 is 5.59. The van der Waals surface area contributed by atoms with Crippen LogP contribution in [0.5, 0.6) is 5.88 Å². The van der Waals surface area contributed by atoms with Crippen LogP contribution in [0.2, 0.25) is 0 Å². The summed E-state index contributed by atoms with van der Waals surface area (Å²) in [6, 6.07) is 5.58. The summed E-state index contributed by atoms with van der Waals surface area (Å²) in [6.45, 7) is 13.8. The zero-order chi connectivity index (χ0) is 21.0. The molecule has 3 rings (SSSR count). The molecule has 3 heterocycles. The van der Waals surface area contributed by atoms with Gasteiger partial charge in [-0.3, -0.25) is 4.79 Å². The number of nitrogens with zero attached hydrogens (tertiary/aromatic N) is 5. The third-order valence-corrected chi connectivity index (χ3v) is 4.81. The van der Waals surface area contributed by atoms with Gasteiger partial charge < -0.3 is 14.5 Å². The van der Waals surface area contributed by atoms with E-state index in [2.05, 4.69) is 42.6 Å². The Hall–Kier alpha value is -2.70. The van der Waals surface area contributed by atoms with Crippen LogP contribution in [0, 0.1) is 12.8 Å². The van der Waals surface area contributed by atoms with Crippen LogP contribution in [-0.4, -0.2) is 58.5 Å². The predicted octanol–water partition coefficient (Wildman–Crippen LogP) is 3.30. The molecule has 1 fully saturated rings. The first-order chi connectivity index (χ1) is 13.8. The smallest absolute Gasteiger partial charge is 0.255 e. The first kappa shape index (κ1) is 21.0. The fourth-order valence-electron chi connectivity index (χ4n) is 3.16. The molecule has 0 bridgehead atoms. The van der Waals surface area contributed by atoms with E-state index in [4.69, 9.17) is 9.72 Å². The van der Waals surface area contributed by atoms with Gasteiger partial charge in [0.05, 0.1) is 12.2 Å². The van der Waals surface area contributed by atoms with Gasteiger partial charge in [-0.15, -0.1) is 0 Å². The van der Waals surface area contributed by atoms with E-state index >= 15 is 0 Å². The lowest BCUT2D eigenvalue weighted by Gasteiger charge is -2.35. The van der Waals surface area contributed by atoms with Crippen molar-refractivity contribution in [1.82, 2.24) is 19.9 Å². The fourth-order valence-corrected chi connectivity index (χ4v) is 3.16. The van der Waals surface area contributed by atoms with Crippen molar-refractivity contribution in [2.45, 2.75) is 40.5 Å². The van der Waals surface area contributed by atoms with Gasteiger partial charge in [0.1, 0.15) is 11.6 Å². The molecule has 2 aromatic heterocycles. The van der Waals surface area contributed by atoms with Crippen LogP contribution in [0.15, 0.2) is 24.4 Å². The number of amides is 1. The molecule has 0 spiro atoms. The number of carbonyl (C=O) groups excluding carboxylic acids is 1. The average Bonchev–Trinajstić information content (AvgIpc) is 2.71. The number of pyridine rings is 1. The van der Waals surface area contributed by atoms with Crippen LogP contribution >= 0.6 is 0 Å². The second kappa shape index (κ2) is 9.20. The number of hydrogen-bond acceptors (Lipinski definition) is 6. The Kier molecular flexibility index (Phi) is 6.67. The summed E-state index contributed by atoms with van der Waals surface area (Å²) in [4.78, 5) is 30.4. The quantitative estimate of drug-likeness (QED) is 0.745. The predicted molar refractivity (Wildman–Crippen MR) is 114 cm³/mol. The molecule has 1 aliphatic heterocycles. The number of aryl methyl sites for hydroxylation is 1. The normalized spacial score (nSPS) is 14.6. The Morgan fingerprint density at radius 3 is 2.41 bits per heavy atom. The van der Waals surface area contributed by atoms with Crippen molar-refractivity contribution in [2.24, 2.45) is 5.92 Å². The standard InChI is InChI=1S/C22H31N5O2/c1-15(2)14-29-20-7-6-18(13-23-20)22(28)27-10-8-26(9-11-27)19-12-17(5)24-21(25-19)16(3)4/h6-7,12-13,15-16H,8-11,14H2,1-5H3. The number of ether oxygens (including phenoxy) is 1. The highest BCUT2D eigenvalue weighted by Crippen LogP contribution is 2.19. The van der Waals surface area contributed by atoms with Crippen molar-refractivity contribution in [2.75, 3.05) is 37.7 Å². The molecule has 156 valence electrons. The maximum atomic E-state index is 12.8. The van der Waals surface area contributed by atoms with E-state index in [-0.39, 0.29) is 11.8 Å². The van der Waals surface area contributed by atoms with Gasteiger partial charge in [-0.1, -0.05) is 27.7 Å². The van der Waals surface area contributed by atoms with Gasteiger partial charge in [-0.25, -0.2) is 15.0 Å². The Morgan fingerprint density at radius 1 is 1.10 bits per heavy atom. The van der Waals surface area contributed by atoms with Crippen molar-refractivity contribution in [3.05, 3.63) is 41.5 Å². The van der Waals surface area contributed by atoms with Gasteiger partial charge in [0.15, 0.2) is 0 Å². The van der Waals surface area contributed by atoms with Gasteiger partial charge in [0.2, 0.25) is 5.88 Å². The Balaban J connectivity index is 1.60. The molecular weight excluding hydrogens is 366 g/mol. The zero-order valence-corrected chi connectivity index (χ0v) is 18.1. The van der Waals surface area contributed by atoms with Crippen LogP contribution in [0.4, 0.5) is 5.82 Å². The molecule has 2 aromatic rings. The van der Waals surface area contributed by atoms with Crippen LogP contribution in [0.1, 0.15) is 55.5 Å². The average molecular weight is 398 g/mol. The Bertz CT molecular complexity index is 828.